The predicted octanol–water partition coefficient (Wildman–Crippen LogP) is 3.32. The first-order valence-electron chi connectivity index (χ1n) is 10.0. The highest BCUT2D eigenvalue weighted by atomic mass is 32.2. The van der Waals surface area contributed by atoms with Crippen LogP contribution in [0.5, 0.6) is 11.5 Å². The van der Waals surface area contributed by atoms with E-state index in [9.17, 15) is 9.18 Å². The summed E-state index contributed by atoms with van der Waals surface area (Å²) in [7, 11) is 1.58. The van der Waals surface area contributed by atoms with Crippen LogP contribution in [0.25, 0.3) is 0 Å². The van der Waals surface area contributed by atoms with Gasteiger partial charge in [0.15, 0.2) is 5.82 Å². The first kappa shape index (κ1) is 23.4. The lowest BCUT2D eigenvalue weighted by Gasteiger charge is -2.23. The molecule has 1 heterocycles. The molecule has 170 valence electrons. The summed E-state index contributed by atoms with van der Waals surface area (Å²) in [6.07, 6.45) is 0. The molecule has 1 amide bonds. The van der Waals surface area contributed by atoms with Gasteiger partial charge in [0.05, 0.1) is 18.9 Å². The summed E-state index contributed by atoms with van der Waals surface area (Å²) < 4.78 is 25.4. The van der Waals surface area contributed by atoms with E-state index < -0.39 is 0 Å². The number of nitrogens with one attached hydrogen (secondary N) is 1. The number of halogens is 1. The molecule has 2 aromatic carbocycles. The Hall–Kier alpha value is -3.27. The molecule has 1 atom stereocenters. The van der Waals surface area contributed by atoms with Gasteiger partial charge in [-0.15, -0.1) is 10.2 Å². The van der Waals surface area contributed by atoms with Crippen LogP contribution in [0.3, 0.4) is 0 Å². The number of carbonyl (C=O) groups excluding carboxylic acids is 1. The molecule has 0 bridgehead atoms. The van der Waals surface area contributed by atoms with E-state index >= 15 is 0 Å². The normalized spacial score (nSPS) is 11.9. The molecule has 0 aliphatic rings. The first-order chi connectivity index (χ1) is 15.4. The molecule has 32 heavy (non-hydrogen) atoms. The van der Waals surface area contributed by atoms with Gasteiger partial charge in [0.25, 0.3) is 0 Å². The van der Waals surface area contributed by atoms with E-state index in [2.05, 4.69) is 15.5 Å². The number of nitrogen functional groups attached to an aromatic ring is 1. The summed E-state index contributed by atoms with van der Waals surface area (Å²) in [5.41, 5.74) is 0.846. The van der Waals surface area contributed by atoms with Crippen LogP contribution >= 0.6 is 11.8 Å². The number of nitrogens with zero attached hydrogens (tertiary/aromatic N) is 3. The fourth-order valence-electron chi connectivity index (χ4n) is 2.99. The maximum atomic E-state index is 13.2. The fourth-order valence-corrected chi connectivity index (χ4v) is 3.68. The van der Waals surface area contributed by atoms with Crippen LogP contribution in [0.2, 0.25) is 0 Å². The van der Waals surface area contributed by atoms with Crippen molar-refractivity contribution in [2.75, 3.05) is 18.7 Å². The Morgan fingerprint density at radius 1 is 1.19 bits per heavy atom. The first-order valence-corrected chi connectivity index (χ1v) is 11.0. The quantitative estimate of drug-likeness (QED) is 0.354. The smallest absolute Gasteiger partial charge is 0.230 e. The van der Waals surface area contributed by atoms with Gasteiger partial charge in [0.1, 0.15) is 23.9 Å². The number of benzene rings is 2. The van der Waals surface area contributed by atoms with Gasteiger partial charge < -0.3 is 20.6 Å². The lowest BCUT2D eigenvalue weighted by atomic mass is 9.96. The molecule has 3 N–H and O–H groups in total. The van der Waals surface area contributed by atoms with Crippen molar-refractivity contribution in [3.8, 4) is 11.5 Å². The highest BCUT2D eigenvalue weighted by molar-refractivity contribution is 7.99. The highest BCUT2D eigenvalue weighted by Gasteiger charge is 2.19. The summed E-state index contributed by atoms with van der Waals surface area (Å²) in [6, 6.07) is 13.1. The lowest BCUT2D eigenvalue weighted by Crippen LogP contribution is -2.33. The Kier molecular flexibility index (Phi) is 7.93. The minimum Gasteiger partial charge on any atom is -0.497 e. The van der Waals surface area contributed by atoms with Crippen LogP contribution in [0, 0.1) is 11.7 Å². The number of ether oxygens (including phenoxy) is 2. The van der Waals surface area contributed by atoms with Crippen LogP contribution in [0.15, 0.2) is 53.7 Å². The molecule has 1 unspecified atom stereocenters. The van der Waals surface area contributed by atoms with Gasteiger partial charge in [0.2, 0.25) is 11.1 Å². The second-order valence-corrected chi connectivity index (χ2v) is 8.31. The molecule has 0 radical (unpaired) electrons. The van der Waals surface area contributed by atoms with Crippen molar-refractivity contribution in [1.29, 1.82) is 0 Å². The Labute approximate surface area is 190 Å². The van der Waals surface area contributed by atoms with Crippen LogP contribution in [0.4, 0.5) is 4.39 Å². The number of hydrogen-bond donors (Lipinski definition) is 2. The van der Waals surface area contributed by atoms with Crippen molar-refractivity contribution in [3.05, 3.63) is 65.7 Å². The zero-order chi connectivity index (χ0) is 23.1. The van der Waals surface area contributed by atoms with E-state index in [1.807, 2.05) is 26.0 Å². The monoisotopic (exact) mass is 459 g/mol. The predicted molar refractivity (Wildman–Crippen MR) is 120 cm³/mol. The van der Waals surface area contributed by atoms with Crippen LogP contribution < -0.4 is 20.6 Å². The van der Waals surface area contributed by atoms with Crippen molar-refractivity contribution in [3.63, 3.8) is 0 Å². The minimum atomic E-state index is -0.313. The Morgan fingerprint density at radius 2 is 1.91 bits per heavy atom. The number of methoxy groups -OCH3 is 1. The third-order valence-corrected chi connectivity index (χ3v) is 5.63. The van der Waals surface area contributed by atoms with Crippen molar-refractivity contribution in [2.45, 2.75) is 31.7 Å². The second kappa shape index (κ2) is 10.9. The van der Waals surface area contributed by atoms with E-state index in [1.165, 1.54) is 28.6 Å². The molecule has 8 nitrogen and oxygen atoms in total. The number of rotatable bonds is 10. The number of aromatic nitrogens is 3. The molecular formula is C22H26FN5O3S. The molecule has 0 aliphatic carbocycles. The molecule has 0 fully saturated rings. The summed E-state index contributed by atoms with van der Waals surface area (Å²) >= 11 is 1.17. The number of nitrogens with two attached hydrogens (primary N) is 1. The highest BCUT2D eigenvalue weighted by Crippen LogP contribution is 2.23. The topological polar surface area (TPSA) is 104 Å². The van der Waals surface area contributed by atoms with E-state index in [-0.39, 0.29) is 36.0 Å². The minimum absolute atomic E-state index is 0.108. The Balaban J connectivity index is 1.55. The number of amides is 1. The molecule has 10 heteroatoms. The van der Waals surface area contributed by atoms with Crippen LogP contribution in [-0.2, 0) is 11.4 Å². The Bertz CT molecular complexity index is 1040. The summed E-state index contributed by atoms with van der Waals surface area (Å²) in [5.74, 6) is 7.52. The number of carbonyl (C=O) groups is 1. The third-order valence-electron chi connectivity index (χ3n) is 4.69. The van der Waals surface area contributed by atoms with Gasteiger partial charge in [-0.2, -0.15) is 0 Å². The van der Waals surface area contributed by atoms with Crippen molar-refractivity contribution in [2.24, 2.45) is 5.92 Å². The SMILES string of the molecule is COc1cccc(OCc2nnc(SCC(=O)NC(c3ccc(F)cc3)C(C)C)n2N)c1. The molecule has 0 saturated carbocycles. The zero-order valence-corrected chi connectivity index (χ0v) is 18.9. The van der Waals surface area contributed by atoms with Crippen LogP contribution in [0.1, 0.15) is 31.3 Å². The number of hydrogen-bond acceptors (Lipinski definition) is 7. The van der Waals surface area contributed by atoms with Crippen molar-refractivity contribution >= 4 is 17.7 Å². The molecule has 0 saturated heterocycles. The molecular weight excluding hydrogens is 433 g/mol. The van der Waals surface area contributed by atoms with E-state index in [1.54, 1.807) is 31.4 Å². The zero-order valence-electron chi connectivity index (χ0n) is 18.1. The summed E-state index contributed by atoms with van der Waals surface area (Å²) in [5, 5.41) is 11.5. The van der Waals surface area contributed by atoms with Gasteiger partial charge in [-0.25, -0.2) is 9.07 Å². The van der Waals surface area contributed by atoms with E-state index in [0.717, 1.165) is 5.56 Å². The molecule has 3 aromatic rings. The fraction of sp³-hybridized carbons (Fsp3) is 0.318. The molecule has 3 rings (SSSR count). The average Bonchev–Trinajstić information content (AvgIpc) is 3.14. The van der Waals surface area contributed by atoms with E-state index in [0.29, 0.717) is 22.5 Å². The standard InChI is InChI=1S/C22H26FN5O3S/c1-14(2)21(15-7-9-16(23)10-8-15)25-20(29)13-32-22-27-26-19(28(22)24)12-31-18-6-4-5-17(11-18)30-3/h4-11,14,21H,12-13,24H2,1-3H3,(H,25,29). The maximum Gasteiger partial charge on any atom is 0.230 e. The van der Waals surface area contributed by atoms with Gasteiger partial charge in [-0.1, -0.05) is 43.8 Å². The van der Waals surface area contributed by atoms with Crippen molar-refractivity contribution in [1.82, 2.24) is 20.2 Å². The van der Waals surface area contributed by atoms with Gasteiger partial charge in [-0.3, -0.25) is 4.79 Å². The van der Waals surface area contributed by atoms with Crippen molar-refractivity contribution < 1.29 is 18.7 Å². The second-order valence-electron chi connectivity index (χ2n) is 7.37. The van der Waals surface area contributed by atoms with Gasteiger partial charge >= 0.3 is 0 Å². The maximum absolute atomic E-state index is 13.2. The summed E-state index contributed by atoms with van der Waals surface area (Å²) in [4.78, 5) is 12.5. The molecule has 0 aliphatic heterocycles. The number of thioether (sulfide) groups is 1. The summed E-state index contributed by atoms with van der Waals surface area (Å²) in [6.45, 7) is 4.10. The molecule has 1 aromatic heterocycles. The van der Waals surface area contributed by atoms with Gasteiger partial charge in [0, 0.05) is 6.07 Å². The third kappa shape index (κ3) is 6.13. The van der Waals surface area contributed by atoms with Gasteiger partial charge in [-0.05, 0) is 35.7 Å². The largest absolute Gasteiger partial charge is 0.497 e. The molecule has 0 spiro atoms. The Morgan fingerprint density at radius 3 is 2.59 bits per heavy atom. The van der Waals surface area contributed by atoms with Crippen LogP contribution in [-0.4, -0.2) is 33.6 Å². The average molecular weight is 460 g/mol. The lowest BCUT2D eigenvalue weighted by molar-refractivity contribution is -0.119. The van der Waals surface area contributed by atoms with E-state index in [4.69, 9.17) is 15.3 Å².